The molecule has 1 fully saturated rings. The Morgan fingerprint density at radius 1 is 1.11 bits per heavy atom. The first-order valence-electron chi connectivity index (χ1n) is 9.52. The summed E-state index contributed by atoms with van der Waals surface area (Å²) in [6.45, 7) is 8.82. The number of para-hydroxylation sites is 1. The Morgan fingerprint density at radius 2 is 1.75 bits per heavy atom. The molecule has 1 unspecified atom stereocenters. The van der Waals surface area contributed by atoms with Crippen LogP contribution in [0.1, 0.15) is 20.3 Å². The van der Waals surface area contributed by atoms with Gasteiger partial charge in [-0.05, 0) is 26.0 Å². The largest absolute Gasteiger partial charge is 0.390 e. The number of nitrogens with one attached hydrogen (secondary N) is 2. The van der Waals surface area contributed by atoms with Gasteiger partial charge in [0.05, 0.1) is 13.0 Å². The van der Waals surface area contributed by atoms with E-state index in [1.165, 1.54) is 5.69 Å². The number of anilines is 1. The van der Waals surface area contributed by atoms with Gasteiger partial charge in [0.15, 0.2) is 5.96 Å². The maximum Gasteiger partial charge on any atom is 0.390 e. The molecule has 1 heterocycles. The van der Waals surface area contributed by atoms with Crippen LogP contribution in [0.3, 0.4) is 0 Å². The Bertz CT molecular complexity index is 575. The van der Waals surface area contributed by atoms with Gasteiger partial charge in [0.2, 0.25) is 0 Å². The molecule has 1 saturated heterocycles. The smallest absolute Gasteiger partial charge is 0.369 e. The van der Waals surface area contributed by atoms with Crippen molar-refractivity contribution in [3.63, 3.8) is 0 Å². The second-order valence-corrected chi connectivity index (χ2v) is 6.72. The highest BCUT2D eigenvalue weighted by atomic mass is 127. The quantitative estimate of drug-likeness (QED) is 0.334. The van der Waals surface area contributed by atoms with E-state index < -0.39 is 12.6 Å². The molecule has 1 atom stereocenters. The zero-order valence-electron chi connectivity index (χ0n) is 16.5. The summed E-state index contributed by atoms with van der Waals surface area (Å²) >= 11 is 0. The van der Waals surface area contributed by atoms with Crippen LogP contribution in [0, 0.1) is 0 Å². The first kappa shape index (κ1) is 24.8. The van der Waals surface area contributed by atoms with Crippen molar-refractivity contribution in [3.8, 4) is 0 Å². The lowest BCUT2D eigenvalue weighted by atomic mass is 10.2. The van der Waals surface area contributed by atoms with Gasteiger partial charge in [0.25, 0.3) is 0 Å². The number of hydrogen-bond donors (Lipinski definition) is 2. The fraction of sp³-hybridized carbons (Fsp3) is 0.632. The van der Waals surface area contributed by atoms with Gasteiger partial charge in [-0.25, -0.2) is 0 Å². The molecular formula is C19H31F3IN5. The highest BCUT2D eigenvalue weighted by Crippen LogP contribution is 2.18. The third-order valence-corrected chi connectivity index (χ3v) is 4.62. The Morgan fingerprint density at radius 3 is 2.32 bits per heavy atom. The Hall–Kier alpha value is -1.23. The van der Waals surface area contributed by atoms with E-state index in [2.05, 4.69) is 44.5 Å². The van der Waals surface area contributed by atoms with Crippen LogP contribution in [0.25, 0.3) is 0 Å². The molecule has 0 bridgehead atoms. The maximum absolute atomic E-state index is 12.3. The zero-order valence-corrected chi connectivity index (χ0v) is 18.8. The molecule has 160 valence electrons. The van der Waals surface area contributed by atoms with E-state index in [0.717, 1.165) is 26.2 Å². The summed E-state index contributed by atoms with van der Waals surface area (Å²) in [5.74, 6) is 0.441. The minimum Gasteiger partial charge on any atom is -0.369 e. The van der Waals surface area contributed by atoms with Crippen LogP contribution in [0.2, 0.25) is 0 Å². The van der Waals surface area contributed by atoms with Gasteiger partial charge in [0.1, 0.15) is 0 Å². The Balaban J connectivity index is 0.00000392. The van der Waals surface area contributed by atoms with E-state index in [0.29, 0.717) is 19.0 Å². The molecule has 2 rings (SSSR count). The first-order valence-corrected chi connectivity index (χ1v) is 9.52. The van der Waals surface area contributed by atoms with Crippen LogP contribution < -0.4 is 15.5 Å². The summed E-state index contributed by atoms with van der Waals surface area (Å²) in [4.78, 5) is 9.20. The number of hydrogen-bond acceptors (Lipinski definition) is 3. The molecule has 28 heavy (non-hydrogen) atoms. The third-order valence-electron chi connectivity index (χ3n) is 4.62. The fourth-order valence-electron chi connectivity index (χ4n) is 3.06. The van der Waals surface area contributed by atoms with Crippen molar-refractivity contribution in [1.29, 1.82) is 0 Å². The van der Waals surface area contributed by atoms with Crippen LogP contribution in [0.15, 0.2) is 35.3 Å². The molecule has 0 aliphatic carbocycles. The van der Waals surface area contributed by atoms with Crippen molar-refractivity contribution in [2.45, 2.75) is 32.5 Å². The molecule has 1 aliphatic rings. The summed E-state index contributed by atoms with van der Waals surface area (Å²) in [6.07, 6.45) is -5.02. The van der Waals surface area contributed by atoms with Crippen LogP contribution in [-0.2, 0) is 0 Å². The predicted octanol–water partition coefficient (Wildman–Crippen LogP) is 3.32. The number of halogens is 4. The van der Waals surface area contributed by atoms with Crippen molar-refractivity contribution < 1.29 is 13.2 Å². The summed E-state index contributed by atoms with van der Waals surface area (Å²) in [6, 6.07) is 10.6. The normalized spacial score (nSPS) is 17.0. The monoisotopic (exact) mass is 513 g/mol. The molecule has 0 radical (unpaired) electrons. The number of piperazine rings is 1. The number of aliphatic imine (C=N–C) groups is 1. The van der Waals surface area contributed by atoms with Gasteiger partial charge < -0.3 is 15.5 Å². The Kier molecular flexibility index (Phi) is 10.9. The van der Waals surface area contributed by atoms with Gasteiger partial charge >= 0.3 is 6.18 Å². The van der Waals surface area contributed by atoms with Crippen molar-refractivity contribution in [2.24, 2.45) is 4.99 Å². The van der Waals surface area contributed by atoms with Gasteiger partial charge in [-0.3, -0.25) is 9.89 Å². The van der Waals surface area contributed by atoms with Gasteiger partial charge in [-0.2, -0.15) is 13.2 Å². The average molecular weight is 513 g/mol. The predicted molar refractivity (Wildman–Crippen MR) is 120 cm³/mol. The number of rotatable bonds is 7. The highest BCUT2D eigenvalue weighted by Gasteiger charge is 2.26. The molecule has 1 aliphatic heterocycles. The third kappa shape index (κ3) is 8.85. The molecule has 9 heteroatoms. The van der Waals surface area contributed by atoms with E-state index in [4.69, 9.17) is 0 Å². The van der Waals surface area contributed by atoms with E-state index in [1.807, 2.05) is 25.1 Å². The molecule has 0 aromatic heterocycles. The van der Waals surface area contributed by atoms with E-state index in [-0.39, 0.29) is 36.6 Å². The maximum atomic E-state index is 12.3. The van der Waals surface area contributed by atoms with Crippen LogP contribution >= 0.6 is 24.0 Å². The van der Waals surface area contributed by atoms with E-state index in [1.54, 1.807) is 0 Å². The lowest BCUT2D eigenvalue weighted by molar-refractivity contribution is -0.132. The molecule has 2 N–H and O–H groups in total. The molecule has 0 amide bonds. The number of guanidine groups is 1. The summed E-state index contributed by atoms with van der Waals surface area (Å²) in [5.41, 5.74) is 1.24. The number of alkyl halides is 3. The lowest BCUT2D eigenvalue weighted by Crippen LogP contribution is -2.50. The molecular weight excluding hydrogens is 482 g/mol. The summed E-state index contributed by atoms with van der Waals surface area (Å²) in [7, 11) is 0. The van der Waals surface area contributed by atoms with Crippen molar-refractivity contribution in [2.75, 3.05) is 50.7 Å². The van der Waals surface area contributed by atoms with E-state index in [9.17, 15) is 13.2 Å². The van der Waals surface area contributed by atoms with Gasteiger partial charge in [-0.15, -0.1) is 24.0 Å². The number of benzene rings is 1. The van der Waals surface area contributed by atoms with Crippen LogP contribution in [0.4, 0.5) is 18.9 Å². The first-order chi connectivity index (χ1) is 12.9. The van der Waals surface area contributed by atoms with Gasteiger partial charge in [0, 0.05) is 51.0 Å². The topological polar surface area (TPSA) is 42.9 Å². The lowest BCUT2D eigenvalue weighted by Gasteiger charge is -2.38. The molecule has 0 saturated carbocycles. The highest BCUT2D eigenvalue weighted by molar-refractivity contribution is 14.0. The molecule has 5 nitrogen and oxygen atoms in total. The van der Waals surface area contributed by atoms with E-state index >= 15 is 0 Å². The molecule has 0 spiro atoms. The average Bonchev–Trinajstić information content (AvgIpc) is 2.66. The molecule has 1 aromatic rings. The molecule has 1 aromatic carbocycles. The second kappa shape index (κ2) is 12.4. The standard InChI is InChI=1S/C19H30F3N5.HI/c1-3-23-18(24-10-9-19(20,21)22)25-15-16(2)26-11-13-27(14-12-26)17-7-5-4-6-8-17;/h4-8,16H,3,9-15H2,1-2H3,(H2,23,24,25);1H. The summed E-state index contributed by atoms with van der Waals surface area (Å²) < 4.78 is 36.9. The van der Waals surface area contributed by atoms with Crippen LogP contribution in [-0.4, -0.2) is 68.9 Å². The number of nitrogens with zero attached hydrogens (tertiary/aromatic N) is 3. The second-order valence-electron chi connectivity index (χ2n) is 6.72. The zero-order chi connectivity index (χ0) is 19.7. The fourth-order valence-corrected chi connectivity index (χ4v) is 3.06. The van der Waals surface area contributed by atoms with Crippen molar-refractivity contribution in [3.05, 3.63) is 30.3 Å². The van der Waals surface area contributed by atoms with Crippen LogP contribution in [0.5, 0.6) is 0 Å². The van der Waals surface area contributed by atoms with Crippen molar-refractivity contribution in [1.82, 2.24) is 15.5 Å². The SMILES string of the molecule is CCNC(=NCC(C)N1CCN(c2ccccc2)CC1)NCCC(F)(F)F.I. The Labute approximate surface area is 182 Å². The minimum atomic E-state index is -4.16. The minimum absolute atomic E-state index is 0. The summed E-state index contributed by atoms with van der Waals surface area (Å²) in [5, 5.41) is 5.76. The van der Waals surface area contributed by atoms with Crippen molar-refractivity contribution >= 4 is 35.6 Å². The van der Waals surface area contributed by atoms with Gasteiger partial charge in [-0.1, -0.05) is 18.2 Å².